The minimum atomic E-state index is 0.102. The molecule has 2 aromatic heterocycles. The van der Waals surface area contributed by atoms with Crippen molar-refractivity contribution in [2.75, 3.05) is 5.32 Å². The van der Waals surface area contributed by atoms with Crippen LogP contribution < -0.4 is 5.32 Å². The van der Waals surface area contributed by atoms with Crippen molar-refractivity contribution in [3.05, 3.63) is 52.7 Å². The molecular formula is C13H9Cl2N5. The number of hydrogen-bond acceptors (Lipinski definition) is 5. The van der Waals surface area contributed by atoms with E-state index in [0.29, 0.717) is 23.4 Å². The van der Waals surface area contributed by atoms with Crippen LogP contribution in [0.4, 0.5) is 5.82 Å². The second-order valence-corrected chi connectivity index (χ2v) is 4.74. The Morgan fingerprint density at radius 1 is 0.950 bits per heavy atom. The van der Waals surface area contributed by atoms with Crippen LogP contribution in [-0.4, -0.2) is 19.9 Å². The lowest BCUT2D eigenvalue weighted by molar-refractivity contribution is 1.08. The highest BCUT2D eigenvalue weighted by Gasteiger charge is 2.11. The number of aromatic nitrogens is 4. The van der Waals surface area contributed by atoms with Crippen LogP contribution in [0.5, 0.6) is 0 Å². The quantitative estimate of drug-likeness (QED) is 0.594. The molecule has 0 spiro atoms. The topological polar surface area (TPSA) is 63.6 Å². The largest absolute Gasteiger partial charge is 0.364 e. The Morgan fingerprint density at radius 2 is 1.75 bits per heavy atom. The second-order valence-electron chi connectivity index (χ2n) is 4.04. The van der Waals surface area contributed by atoms with Gasteiger partial charge in [0, 0.05) is 6.54 Å². The zero-order valence-corrected chi connectivity index (χ0v) is 11.7. The average molecular weight is 306 g/mol. The zero-order chi connectivity index (χ0) is 13.9. The second kappa shape index (κ2) is 5.56. The van der Waals surface area contributed by atoms with E-state index in [9.17, 15) is 0 Å². The molecule has 1 aromatic carbocycles. The van der Waals surface area contributed by atoms with Gasteiger partial charge in [-0.15, -0.1) is 0 Å². The van der Waals surface area contributed by atoms with Crippen LogP contribution in [-0.2, 0) is 6.54 Å². The Hall–Kier alpha value is -1.98. The van der Waals surface area contributed by atoms with Crippen molar-refractivity contribution in [3.8, 4) is 0 Å². The third kappa shape index (κ3) is 2.64. The molecule has 2 heterocycles. The fourth-order valence-electron chi connectivity index (χ4n) is 1.80. The van der Waals surface area contributed by atoms with E-state index in [1.807, 2.05) is 30.3 Å². The molecular weight excluding hydrogens is 297 g/mol. The summed E-state index contributed by atoms with van der Waals surface area (Å²) in [7, 11) is 0. The summed E-state index contributed by atoms with van der Waals surface area (Å²) in [5.41, 5.74) is 2.10. The number of nitrogens with one attached hydrogen (secondary N) is 1. The van der Waals surface area contributed by atoms with E-state index >= 15 is 0 Å². The van der Waals surface area contributed by atoms with E-state index in [4.69, 9.17) is 23.2 Å². The third-order valence-electron chi connectivity index (χ3n) is 2.71. The summed E-state index contributed by atoms with van der Waals surface area (Å²) < 4.78 is 0. The molecule has 0 aliphatic rings. The molecule has 3 aromatic rings. The van der Waals surface area contributed by atoms with Crippen LogP contribution in [0.15, 0.2) is 36.7 Å². The Labute approximate surface area is 125 Å². The summed E-state index contributed by atoms with van der Waals surface area (Å²) in [5.74, 6) is 0.535. The van der Waals surface area contributed by atoms with Crippen LogP contribution in [0, 0.1) is 0 Å². The molecule has 0 saturated heterocycles. The maximum absolute atomic E-state index is 5.99. The monoisotopic (exact) mass is 305 g/mol. The highest BCUT2D eigenvalue weighted by atomic mass is 35.5. The predicted octanol–water partition coefficient (Wildman–Crippen LogP) is 3.34. The smallest absolute Gasteiger partial charge is 0.225 e. The highest BCUT2D eigenvalue weighted by molar-refractivity contribution is 6.34. The van der Waals surface area contributed by atoms with Crippen molar-refractivity contribution in [1.82, 2.24) is 19.9 Å². The molecule has 0 aliphatic carbocycles. The first-order valence-electron chi connectivity index (χ1n) is 5.85. The van der Waals surface area contributed by atoms with Crippen molar-refractivity contribution in [1.29, 1.82) is 0 Å². The van der Waals surface area contributed by atoms with Crippen molar-refractivity contribution < 1.29 is 0 Å². The van der Waals surface area contributed by atoms with Gasteiger partial charge in [-0.05, 0) is 17.2 Å². The zero-order valence-electron chi connectivity index (χ0n) is 10.2. The molecule has 0 fully saturated rings. The first kappa shape index (κ1) is 13.0. The summed E-state index contributed by atoms with van der Waals surface area (Å²) >= 11 is 11.9. The Kier molecular flexibility index (Phi) is 3.62. The summed E-state index contributed by atoms with van der Waals surface area (Å²) in [6, 6.07) is 9.94. The van der Waals surface area contributed by atoms with E-state index in [1.165, 1.54) is 6.33 Å². The summed E-state index contributed by atoms with van der Waals surface area (Å²) in [6.45, 7) is 0.602. The van der Waals surface area contributed by atoms with Crippen LogP contribution in [0.3, 0.4) is 0 Å². The lowest BCUT2D eigenvalue weighted by atomic mass is 10.2. The van der Waals surface area contributed by atoms with Gasteiger partial charge >= 0.3 is 0 Å². The van der Waals surface area contributed by atoms with Crippen LogP contribution in [0.25, 0.3) is 11.0 Å². The minimum Gasteiger partial charge on any atom is -0.364 e. The highest BCUT2D eigenvalue weighted by Crippen LogP contribution is 2.24. The van der Waals surface area contributed by atoms with Crippen LogP contribution in [0.2, 0.25) is 10.4 Å². The van der Waals surface area contributed by atoms with Crippen LogP contribution in [0.1, 0.15) is 5.56 Å². The predicted molar refractivity (Wildman–Crippen MR) is 78.9 cm³/mol. The molecule has 100 valence electrons. The fraction of sp³-hybridized carbons (Fsp3) is 0.0769. The molecule has 1 N–H and O–H groups in total. The van der Waals surface area contributed by atoms with Gasteiger partial charge in [0.1, 0.15) is 17.4 Å². The van der Waals surface area contributed by atoms with E-state index in [0.717, 1.165) is 5.56 Å². The summed E-state index contributed by atoms with van der Waals surface area (Å²) in [4.78, 5) is 16.2. The van der Waals surface area contributed by atoms with Gasteiger partial charge in [0.25, 0.3) is 0 Å². The number of fused-ring (bicyclic) bond motifs is 1. The van der Waals surface area contributed by atoms with Gasteiger partial charge in [-0.2, -0.15) is 4.98 Å². The van der Waals surface area contributed by atoms with Gasteiger partial charge in [-0.25, -0.2) is 15.0 Å². The lowest BCUT2D eigenvalue weighted by Crippen LogP contribution is -2.04. The minimum absolute atomic E-state index is 0.102. The number of hydrogen-bond donors (Lipinski definition) is 1. The first-order chi connectivity index (χ1) is 9.74. The van der Waals surface area contributed by atoms with Gasteiger partial charge < -0.3 is 5.32 Å². The van der Waals surface area contributed by atoms with E-state index in [2.05, 4.69) is 25.3 Å². The Bertz CT molecular complexity index is 748. The molecule has 0 amide bonds. The number of halogens is 2. The molecule has 20 heavy (non-hydrogen) atoms. The summed E-state index contributed by atoms with van der Waals surface area (Å²) in [6.07, 6.45) is 1.37. The number of nitrogens with zero attached hydrogens (tertiary/aromatic N) is 4. The normalized spacial score (nSPS) is 10.7. The molecule has 0 saturated carbocycles. The fourth-order valence-corrected chi connectivity index (χ4v) is 2.14. The van der Waals surface area contributed by atoms with Crippen molar-refractivity contribution in [2.24, 2.45) is 0 Å². The van der Waals surface area contributed by atoms with Crippen molar-refractivity contribution in [3.63, 3.8) is 0 Å². The molecule has 7 heteroatoms. The summed E-state index contributed by atoms with van der Waals surface area (Å²) in [5, 5.41) is 3.54. The molecule has 0 atom stereocenters. The average Bonchev–Trinajstić information content (AvgIpc) is 2.47. The van der Waals surface area contributed by atoms with Crippen LogP contribution >= 0.6 is 23.2 Å². The third-order valence-corrected chi connectivity index (χ3v) is 3.16. The van der Waals surface area contributed by atoms with Gasteiger partial charge in [0.2, 0.25) is 5.28 Å². The molecule has 0 aliphatic heterocycles. The van der Waals surface area contributed by atoms with Gasteiger partial charge in [0.05, 0.1) is 0 Å². The van der Waals surface area contributed by atoms with E-state index < -0.39 is 0 Å². The van der Waals surface area contributed by atoms with E-state index in [1.54, 1.807) is 0 Å². The maximum atomic E-state index is 5.99. The van der Waals surface area contributed by atoms with Gasteiger partial charge in [0.15, 0.2) is 11.0 Å². The van der Waals surface area contributed by atoms with Gasteiger partial charge in [-0.1, -0.05) is 41.9 Å². The maximum Gasteiger partial charge on any atom is 0.225 e. The SMILES string of the molecule is Clc1nc(NCc2ccccc2)c2ncnc(Cl)c2n1. The molecule has 5 nitrogen and oxygen atoms in total. The molecule has 0 unspecified atom stereocenters. The number of anilines is 1. The van der Waals surface area contributed by atoms with Crippen molar-refractivity contribution >= 4 is 40.1 Å². The Morgan fingerprint density at radius 3 is 2.55 bits per heavy atom. The molecule has 0 bridgehead atoms. The standard InChI is InChI=1S/C13H9Cl2N5/c14-11-9-10(17-7-18-11)12(20-13(15)19-9)16-6-8-4-2-1-3-5-8/h1-5,7H,6H2,(H,16,19,20). The van der Waals surface area contributed by atoms with Gasteiger partial charge in [-0.3, -0.25) is 0 Å². The van der Waals surface area contributed by atoms with Crippen molar-refractivity contribution in [2.45, 2.75) is 6.54 Å². The first-order valence-corrected chi connectivity index (χ1v) is 6.61. The number of rotatable bonds is 3. The molecule has 0 radical (unpaired) electrons. The molecule has 3 rings (SSSR count). The lowest BCUT2D eigenvalue weighted by Gasteiger charge is -2.08. The van der Waals surface area contributed by atoms with E-state index in [-0.39, 0.29) is 10.4 Å². The number of benzene rings is 1. The Balaban J connectivity index is 1.97.